The summed E-state index contributed by atoms with van der Waals surface area (Å²) >= 11 is 0. The minimum atomic E-state index is -4.20. The lowest BCUT2D eigenvalue weighted by Crippen LogP contribution is -2.26. The van der Waals surface area contributed by atoms with Gasteiger partial charge >= 0.3 is 6.18 Å². The number of H-pyrrole nitrogens is 1. The highest BCUT2D eigenvalue weighted by Gasteiger charge is 2.26. The second-order valence-corrected chi connectivity index (χ2v) is 3.59. The van der Waals surface area contributed by atoms with E-state index in [1.807, 2.05) is 0 Å². The minimum Gasteiger partial charge on any atom is -0.395 e. The Hall–Kier alpha value is -1.73. The number of nitrogens with one attached hydrogen (secondary N) is 2. The predicted octanol–water partition coefficient (Wildman–Crippen LogP) is 1.37. The smallest absolute Gasteiger partial charge is 0.389 e. The van der Waals surface area contributed by atoms with Crippen molar-refractivity contribution >= 4 is 11.6 Å². The van der Waals surface area contributed by atoms with Crippen LogP contribution in [0.4, 0.5) is 18.9 Å². The largest absolute Gasteiger partial charge is 0.395 e. The number of anilines is 1. The molecule has 0 aromatic carbocycles. The van der Waals surface area contributed by atoms with Crippen LogP contribution in [0.3, 0.4) is 0 Å². The lowest BCUT2D eigenvalue weighted by Gasteiger charge is -2.06. The summed E-state index contributed by atoms with van der Waals surface area (Å²) in [6, 6.07) is 0. The Balaban J connectivity index is 2.38. The Morgan fingerprint density at radius 3 is 2.65 bits per heavy atom. The van der Waals surface area contributed by atoms with Gasteiger partial charge in [-0.2, -0.15) is 18.3 Å². The van der Waals surface area contributed by atoms with Crippen LogP contribution in [-0.4, -0.2) is 28.8 Å². The molecule has 0 aliphatic heterocycles. The second-order valence-electron chi connectivity index (χ2n) is 3.59. The number of hydrogen-bond donors (Lipinski definition) is 3. The topological polar surface area (TPSA) is 83.8 Å². The molecule has 1 aromatic rings. The van der Waals surface area contributed by atoms with Crippen molar-refractivity contribution in [3.63, 3.8) is 0 Å². The fourth-order valence-electron chi connectivity index (χ4n) is 1.19. The zero-order chi connectivity index (χ0) is 13.1. The second kappa shape index (κ2) is 5.07. The first-order valence-corrected chi connectivity index (χ1v) is 4.96. The van der Waals surface area contributed by atoms with Crippen LogP contribution in [0, 0.1) is 6.92 Å². The van der Waals surface area contributed by atoms with Crippen molar-refractivity contribution in [2.75, 3.05) is 12.3 Å². The number of nitrogens with two attached hydrogens (primary N) is 1. The van der Waals surface area contributed by atoms with Crippen LogP contribution in [0.5, 0.6) is 0 Å². The number of halogens is 3. The van der Waals surface area contributed by atoms with E-state index in [-0.39, 0.29) is 24.3 Å². The molecule has 5 nitrogen and oxygen atoms in total. The van der Waals surface area contributed by atoms with Gasteiger partial charge in [0.2, 0.25) is 0 Å². The number of carbonyl (C=O) groups is 1. The van der Waals surface area contributed by atoms with Gasteiger partial charge in [0.1, 0.15) is 0 Å². The third-order valence-electron chi connectivity index (χ3n) is 2.13. The highest BCUT2D eigenvalue weighted by molar-refractivity contribution is 5.97. The molecule has 0 aliphatic carbocycles. The van der Waals surface area contributed by atoms with Gasteiger partial charge in [0, 0.05) is 13.0 Å². The maximum absolute atomic E-state index is 11.8. The van der Waals surface area contributed by atoms with Crippen molar-refractivity contribution in [1.82, 2.24) is 15.5 Å². The van der Waals surface area contributed by atoms with Crippen molar-refractivity contribution in [1.29, 1.82) is 0 Å². The van der Waals surface area contributed by atoms with Gasteiger partial charge in [0.25, 0.3) is 5.91 Å². The van der Waals surface area contributed by atoms with E-state index in [1.54, 1.807) is 6.92 Å². The standard InChI is InChI=1S/C9H13F3N4O/c1-5-6(13)7(16-15-5)8(17)14-4-2-3-9(10,11)12/h2-4,13H2,1H3,(H,14,17)(H,15,16). The van der Waals surface area contributed by atoms with Crippen molar-refractivity contribution in [3.05, 3.63) is 11.4 Å². The van der Waals surface area contributed by atoms with Crippen molar-refractivity contribution in [2.24, 2.45) is 0 Å². The number of aromatic amines is 1. The molecule has 17 heavy (non-hydrogen) atoms. The number of alkyl halides is 3. The number of rotatable bonds is 4. The number of nitrogens with zero attached hydrogens (tertiary/aromatic N) is 1. The Morgan fingerprint density at radius 1 is 1.53 bits per heavy atom. The Bertz CT molecular complexity index is 399. The molecule has 0 saturated heterocycles. The van der Waals surface area contributed by atoms with Crippen molar-refractivity contribution in [2.45, 2.75) is 25.9 Å². The van der Waals surface area contributed by atoms with E-state index in [9.17, 15) is 18.0 Å². The summed E-state index contributed by atoms with van der Waals surface area (Å²) < 4.78 is 35.5. The van der Waals surface area contributed by atoms with Crippen LogP contribution in [0.15, 0.2) is 0 Å². The van der Waals surface area contributed by atoms with Gasteiger partial charge in [-0.05, 0) is 13.3 Å². The van der Waals surface area contributed by atoms with Gasteiger partial charge in [-0.25, -0.2) is 0 Å². The highest BCUT2D eigenvalue weighted by Crippen LogP contribution is 2.20. The molecule has 0 saturated carbocycles. The van der Waals surface area contributed by atoms with E-state index in [2.05, 4.69) is 15.5 Å². The lowest BCUT2D eigenvalue weighted by molar-refractivity contribution is -0.135. The molecule has 0 atom stereocenters. The molecule has 0 radical (unpaired) electrons. The Morgan fingerprint density at radius 2 is 2.18 bits per heavy atom. The monoisotopic (exact) mass is 250 g/mol. The maximum atomic E-state index is 11.8. The first kappa shape index (κ1) is 13.3. The molecule has 0 bridgehead atoms. The lowest BCUT2D eigenvalue weighted by atomic mass is 10.2. The van der Waals surface area contributed by atoms with Gasteiger partial charge < -0.3 is 11.1 Å². The zero-order valence-electron chi connectivity index (χ0n) is 9.19. The molecule has 0 fully saturated rings. The van der Waals surface area contributed by atoms with Crippen LogP contribution in [0.1, 0.15) is 29.0 Å². The summed E-state index contributed by atoms with van der Waals surface area (Å²) in [5, 5.41) is 8.50. The fraction of sp³-hybridized carbons (Fsp3) is 0.556. The average Bonchev–Trinajstić information content (AvgIpc) is 2.53. The molecule has 0 aliphatic rings. The van der Waals surface area contributed by atoms with Gasteiger partial charge in [0.15, 0.2) is 5.69 Å². The van der Waals surface area contributed by atoms with Crippen LogP contribution >= 0.6 is 0 Å². The molecular formula is C9H13F3N4O. The number of nitrogen functional groups attached to an aromatic ring is 1. The number of amides is 1. The number of aryl methyl sites for hydroxylation is 1. The van der Waals surface area contributed by atoms with Gasteiger partial charge in [0.05, 0.1) is 11.4 Å². The summed E-state index contributed by atoms with van der Waals surface area (Å²) in [6.45, 7) is 1.58. The highest BCUT2D eigenvalue weighted by atomic mass is 19.4. The Kier molecular flexibility index (Phi) is 3.97. The molecule has 1 heterocycles. The number of hydrogen-bond acceptors (Lipinski definition) is 3. The first-order chi connectivity index (χ1) is 7.81. The summed E-state index contributed by atoms with van der Waals surface area (Å²) in [5.41, 5.74) is 6.30. The van der Waals surface area contributed by atoms with E-state index < -0.39 is 18.5 Å². The number of carbonyl (C=O) groups excluding carboxylic acids is 1. The van der Waals surface area contributed by atoms with Gasteiger partial charge in [-0.15, -0.1) is 0 Å². The van der Waals surface area contributed by atoms with E-state index in [1.165, 1.54) is 0 Å². The van der Waals surface area contributed by atoms with Gasteiger partial charge in [-0.3, -0.25) is 9.89 Å². The quantitative estimate of drug-likeness (QED) is 0.706. The molecule has 8 heteroatoms. The van der Waals surface area contributed by atoms with Crippen LogP contribution in [0.2, 0.25) is 0 Å². The fourth-order valence-corrected chi connectivity index (χ4v) is 1.19. The molecule has 1 rings (SSSR count). The van der Waals surface area contributed by atoms with Crippen molar-refractivity contribution < 1.29 is 18.0 Å². The van der Waals surface area contributed by atoms with E-state index in [4.69, 9.17) is 5.73 Å². The summed E-state index contributed by atoms with van der Waals surface area (Å²) in [4.78, 5) is 11.4. The minimum absolute atomic E-state index is 0.00880. The molecule has 96 valence electrons. The number of aromatic nitrogens is 2. The molecule has 0 unspecified atom stereocenters. The maximum Gasteiger partial charge on any atom is 0.389 e. The summed E-state index contributed by atoms with van der Waals surface area (Å²) in [5.74, 6) is -0.575. The average molecular weight is 250 g/mol. The first-order valence-electron chi connectivity index (χ1n) is 4.96. The zero-order valence-corrected chi connectivity index (χ0v) is 9.19. The van der Waals surface area contributed by atoms with Crippen LogP contribution in [-0.2, 0) is 0 Å². The van der Waals surface area contributed by atoms with E-state index >= 15 is 0 Å². The molecule has 1 aromatic heterocycles. The van der Waals surface area contributed by atoms with Gasteiger partial charge in [-0.1, -0.05) is 0 Å². The summed E-state index contributed by atoms with van der Waals surface area (Å²) in [7, 11) is 0. The third-order valence-corrected chi connectivity index (χ3v) is 2.13. The molecule has 1 amide bonds. The molecular weight excluding hydrogens is 237 g/mol. The molecule has 4 N–H and O–H groups in total. The van der Waals surface area contributed by atoms with Crippen LogP contribution < -0.4 is 11.1 Å². The predicted molar refractivity (Wildman–Crippen MR) is 55.4 cm³/mol. The normalized spacial score (nSPS) is 11.5. The summed E-state index contributed by atoms with van der Waals surface area (Å²) in [6.07, 6.45) is -5.30. The van der Waals surface area contributed by atoms with E-state index in [0.29, 0.717) is 5.69 Å². The third kappa shape index (κ3) is 3.97. The SMILES string of the molecule is Cc1[nH]nc(C(=O)NCCCC(F)(F)F)c1N. The van der Waals surface area contributed by atoms with E-state index in [0.717, 1.165) is 0 Å². The van der Waals surface area contributed by atoms with Crippen molar-refractivity contribution in [3.8, 4) is 0 Å². The Labute approximate surface area is 95.6 Å². The van der Waals surface area contributed by atoms with Crippen LogP contribution in [0.25, 0.3) is 0 Å². The molecule has 0 spiro atoms.